The van der Waals surface area contributed by atoms with Crippen molar-refractivity contribution < 1.29 is 45.3 Å². The number of nitrogens with one attached hydrogen (secondary N) is 1. The average Bonchev–Trinajstić information content (AvgIpc) is 3.26. The van der Waals surface area contributed by atoms with Gasteiger partial charge in [0.25, 0.3) is 17.7 Å². The Labute approximate surface area is 364 Å². The summed E-state index contributed by atoms with van der Waals surface area (Å²) in [6.45, 7) is 37.7. The first kappa shape index (κ1) is 70.6. The van der Waals surface area contributed by atoms with Crippen molar-refractivity contribution in [1.82, 2.24) is 15.2 Å². The predicted molar refractivity (Wildman–Crippen MR) is 243 cm³/mol. The molecule has 0 saturated carbocycles. The largest absolute Gasteiger partial charge is 2.00 e. The monoisotopic (exact) mass is 965 g/mol. The van der Waals surface area contributed by atoms with Gasteiger partial charge in [-0.05, 0) is 88.8 Å². The molecule has 0 bridgehead atoms. The molecule has 0 radical (unpaired) electrons. The first-order valence-electron chi connectivity index (χ1n) is 16.6. The molecule has 0 fully saturated rings. The number of hydrogen-bond acceptors (Lipinski definition) is 6. The molecule has 0 atom stereocenters. The third-order valence-electron chi connectivity index (χ3n) is 5.01. The zero-order valence-electron chi connectivity index (χ0n) is 33.6. The van der Waals surface area contributed by atoms with Crippen molar-refractivity contribution in [2.75, 3.05) is 0 Å². The van der Waals surface area contributed by atoms with Crippen molar-refractivity contribution >= 4 is 30.4 Å². The number of aliphatic imine (C=N–C) groups is 1. The minimum absolute atomic E-state index is 0. The van der Waals surface area contributed by atoms with Gasteiger partial charge < -0.3 is 28.2 Å². The molecule has 10 heteroatoms. The van der Waals surface area contributed by atoms with Crippen LogP contribution in [0.2, 0.25) is 0 Å². The fraction of sp³-hybridized carbons (Fsp3) is 0.489. The number of carbonyl (C=O) groups excluding carboxylic acids is 3. The van der Waals surface area contributed by atoms with E-state index in [-0.39, 0.29) is 92.6 Å². The van der Waals surface area contributed by atoms with E-state index in [1.165, 1.54) is 17.0 Å². The zero-order chi connectivity index (χ0) is 40.2. The number of benzene rings is 2. The van der Waals surface area contributed by atoms with Crippen LogP contribution >= 0.6 is 0 Å². The molecule has 3 aromatic rings. The number of aromatic nitrogens is 1. The summed E-state index contributed by atoms with van der Waals surface area (Å²) in [6.07, 6.45) is 4.53. The zero-order valence-corrected chi connectivity index (χ0v) is 36.5. The molecule has 1 aliphatic heterocycles. The molecule has 9 nitrogen and oxygen atoms in total. The fourth-order valence-electron chi connectivity index (χ4n) is 3.39. The summed E-state index contributed by atoms with van der Waals surface area (Å²) in [6, 6.07) is 18.8. The normalized spacial score (nSPS) is 10.5. The van der Waals surface area contributed by atoms with Gasteiger partial charge in [-0.15, -0.1) is 0 Å². The standard InChI is InChI=1S/C12H15NO3.C12H13NO2.C5H5N.2C5H12.C3H3N.5CH4.W/c1-12(2,3)13-10(14)8-6-4-5-7-9(8)11(15)16;1-12(2,3)13-10(14)8-6-4-5-7-9(8)11(13)15;1-2-4-6-5-3-1;2*1-5(2,3)4;1-3-4-2;;;;;;/h4-7H,1-3H3,(H,13,14)(H,15,16);4-7H,1-3H3;1-5H;2*1-4H3;1-3H;5*1H4;/q;;;;;-2;;;;;;+2. The molecule has 3 amide bonds. The van der Waals surface area contributed by atoms with E-state index in [0.717, 1.165) is 6.20 Å². The maximum atomic E-state index is 12.0. The number of imide groups is 1. The SMILES string of the molecule is C.C.C.C.C.CC(C)(C)C.CC(C)(C)C.CC(C)(C)N1C(=O)c2ccccc2C1=O.CC(C)(C)NC(=O)c1ccccc1C(=O)O.[CH-]=CN=[CH-].[W+2].c1ccncc1. The topological polar surface area (TPSA) is 129 Å². The van der Waals surface area contributed by atoms with Gasteiger partial charge in [-0.1, -0.05) is 123 Å². The number of aromatic carboxylic acids is 1. The first-order valence-corrected chi connectivity index (χ1v) is 16.6. The first-order chi connectivity index (χ1) is 23.2. The van der Waals surface area contributed by atoms with Crippen LogP contribution in [0.15, 0.2) is 90.3 Å². The summed E-state index contributed by atoms with van der Waals surface area (Å²) >= 11 is 0. The van der Waals surface area contributed by atoms with Crippen LogP contribution in [0, 0.1) is 17.4 Å². The molecule has 0 aliphatic carbocycles. The number of rotatable bonds is 3. The van der Waals surface area contributed by atoms with Crippen LogP contribution in [0.25, 0.3) is 0 Å². The van der Waals surface area contributed by atoms with E-state index in [4.69, 9.17) is 5.11 Å². The summed E-state index contributed by atoms with van der Waals surface area (Å²) in [4.78, 5) is 54.6. The van der Waals surface area contributed by atoms with Crippen LogP contribution < -0.4 is 5.32 Å². The van der Waals surface area contributed by atoms with Crippen LogP contribution in [0.3, 0.4) is 0 Å². The van der Waals surface area contributed by atoms with E-state index in [2.05, 4.69) is 84.0 Å². The molecule has 57 heavy (non-hydrogen) atoms. The van der Waals surface area contributed by atoms with Crippen LogP contribution in [0.5, 0.6) is 0 Å². The maximum absolute atomic E-state index is 12.0. The summed E-state index contributed by atoms with van der Waals surface area (Å²) in [5.74, 6) is -1.85. The van der Waals surface area contributed by atoms with Crippen molar-refractivity contribution in [2.24, 2.45) is 15.8 Å². The van der Waals surface area contributed by atoms with Gasteiger partial charge in [0.05, 0.1) is 22.3 Å². The second-order valence-corrected chi connectivity index (χ2v) is 16.5. The van der Waals surface area contributed by atoms with E-state index in [0.29, 0.717) is 22.0 Å². The molecular weight excluding hydrogens is 884 g/mol. The Kier molecular flexibility index (Phi) is 40.6. The molecule has 2 aromatic carbocycles. The van der Waals surface area contributed by atoms with Crippen LogP contribution in [0.1, 0.15) is 175 Å². The second-order valence-electron chi connectivity index (χ2n) is 16.5. The van der Waals surface area contributed by atoms with Crippen molar-refractivity contribution in [3.8, 4) is 0 Å². The average molecular weight is 965 g/mol. The van der Waals surface area contributed by atoms with Crippen LogP contribution in [0.4, 0.5) is 0 Å². The molecule has 1 aromatic heterocycles. The minimum Gasteiger partial charge on any atom is -0.601 e. The Hall–Kier alpha value is -4.23. The Bertz CT molecular complexity index is 1460. The van der Waals surface area contributed by atoms with E-state index in [9.17, 15) is 19.2 Å². The van der Waals surface area contributed by atoms with Crippen LogP contribution in [-0.4, -0.2) is 56.5 Å². The van der Waals surface area contributed by atoms with Gasteiger partial charge in [0.15, 0.2) is 0 Å². The number of carbonyl (C=O) groups is 4. The third-order valence-corrected chi connectivity index (χ3v) is 5.01. The predicted octanol–water partition coefficient (Wildman–Crippen LogP) is 12.9. The minimum atomic E-state index is -1.10. The van der Waals surface area contributed by atoms with Gasteiger partial charge >= 0.3 is 27.0 Å². The summed E-state index contributed by atoms with van der Waals surface area (Å²) in [5.41, 5.74) is 1.37. The van der Waals surface area contributed by atoms with Gasteiger partial charge in [0, 0.05) is 23.5 Å². The van der Waals surface area contributed by atoms with Crippen molar-refractivity contribution in [2.45, 2.75) is 145 Å². The van der Waals surface area contributed by atoms with Crippen molar-refractivity contribution in [3.63, 3.8) is 0 Å². The van der Waals surface area contributed by atoms with E-state index >= 15 is 0 Å². The molecule has 0 spiro atoms. The fourth-order valence-corrected chi connectivity index (χ4v) is 3.39. The van der Waals surface area contributed by atoms with Gasteiger partial charge in [-0.2, -0.15) is 6.72 Å². The number of carboxylic acid groups (broad SMARTS) is 1. The third kappa shape index (κ3) is 35.9. The van der Waals surface area contributed by atoms with Gasteiger partial charge in [0.1, 0.15) is 0 Å². The molecule has 1 aliphatic rings. The van der Waals surface area contributed by atoms with E-state index < -0.39 is 11.5 Å². The Morgan fingerprint density at radius 1 is 0.649 bits per heavy atom. The van der Waals surface area contributed by atoms with Crippen molar-refractivity contribution in [3.05, 3.63) is 114 Å². The summed E-state index contributed by atoms with van der Waals surface area (Å²) < 4.78 is 0. The smallest absolute Gasteiger partial charge is 0.601 e. The number of nitrogens with zero attached hydrogens (tertiary/aromatic N) is 3. The Morgan fingerprint density at radius 3 is 1.19 bits per heavy atom. The number of hydrogen-bond donors (Lipinski definition) is 2. The van der Waals surface area contributed by atoms with Gasteiger partial charge in [-0.3, -0.25) is 24.3 Å². The number of fused-ring (bicyclic) bond motifs is 1. The molecule has 0 unspecified atom stereocenters. The van der Waals surface area contributed by atoms with E-state index in [1.807, 2.05) is 59.7 Å². The molecule has 324 valence electrons. The number of carboxylic acids is 1. The van der Waals surface area contributed by atoms with Crippen LogP contribution in [-0.2, 0) is 21.1 Å². The van der Waals surface area contributed by atoms with E-state index in [1.54, 1.807) is 48.8 Å². The quantitative estimate of drug-likeness (QED) is 0.153. The Balaban J connectivity index is -0.0000000898. The number of pyridine rings is 1. The molecular formula is C47H80N4O5W. The number of amides is 3. The Morgan fingerprint density at radius 2 is 0.965 bits per heavy atom. The molecule has 4 rings (SSSR count). The van der Waals surface area contributed by atoms with Crippen molar-refractivity contribution in [1.29, 1.82) is 0 Å². The second kappa shape index (κ2) is 32.8. The molecule has 2 N–H and O–H groups in total. The van der Waals surface area contributed by atoms with Gasteiger partial charge in [0.2, 0.25) is 0 Å². The summed E-state index contributed by atoms with van der Waals surface area (Å²) in [5, 5.41) is 11.7. The molecule has 0 saturated heterocycles. The molecule has 2 heterocycles. The van der Waals surface area contributed by atoms with Gasteiger partial charge in [-0.25, -0.2) is 4.79 Å². The maximum Gasteiger partial charge on any atom is 2.00 e. The summed E-state index contributed by atoms with van der Waals surface area (Å²) in [7, 11) is 0.